The minimum Gasteiger partial charge on any atom is -0.520 e. The van der Waals surface area contributed by atoms with Crippen LogP contribution in [0.1, 0.15) is 0 Å². The summed E-state index contributed by atoms with van der Waals surface area (Å²) >= 11 is 0. The van der Waals surface area contributed by atoms with Gasteiger partial charge in [0.1, 0.15) is 5.76 Å². The smallest absolute Gasteiger partial charge is 0.300 e. The summed E-state index contributed by atoms with van der Waals surface area (Å²) in [6.45, 7) is 0. The van der Waals surface area contributed by atoms with Crippen LogP contribution in [0.2, 0.25) is 0 Å². The van der Waals surface area contributed by atoms with E-state index in [1.54, 1.807) is 0 Å². The van der Waals surface area contributed by atoms with E-state index in [4.69, 9.17) is 5.11 Å². The topological polar surface area (TPSA) is 34.3 Å². The summed E-state index contributed by atoms with van der Waals surface area (Å²) in [5.41, 5.74) is 2.41. The normalized spacial score (nSPS) is 14.6. The molecule has 0 saturated carbocycles. The van der Waals surface area contributed by atoms with Crippen LogP contribution in [-0.4, -0.2) is 17.5 Å². The Kier molecular flexibility index (Phi) is 0.833. The van der Waals surface area contributed by atoms with Crippen molar-refractivity contribution in [2.45, 2.75) is 0 Å². The fourth-order valence-electron chi connectivity index (χ4n) is 0.250. The monoisotopic (exact) mass is 92.0 g/mol. The van der Waals surface area contributed by atoms with Crippen LogP contribution in [-0.2, 0) is 0 Å². The largest absolute Gasteiger partial charge is 0.520 e. The second kappa shape index (κ2) is 1.48. The first-order valence-corrected chi connectivity index (χ1v) is 1.75. The molecule has 2 nitrogen and oxygen atoms in total. The molecule has 0 fully saturated rings. The lowest BCUT2D eigenvalue weighted by atomic mass is 10.5. The van der Waals surface area contributed by atoms with Crippen LogP contribution in [0.5, 0.6) is 0 Å². The standard InChI is InChI=1S/C5H2NO/c7-5-2-1-3-6-4-5/h1,7H. The van der Waals surface area contributed by atoms with Gasteiger partial charge in [-0.2, -0.15) is 0 Å². The molecule has 0 aromatic carbocycles. The third kappa shape index (κ3) is 0.799. The molecule has 7 heavy (non-hydrogen) atoms. The van der Waals surface area contributed by atoms with Gasteiger partial charge in [0.25, 0.3) is 6.21 Å². The maximum Gasteiger partial charge on any atom is 0.300 e. The predicted molar refractivity (Wildman–Crippen MR) is 26.4 cm³/mol. The number of allylic oxidation sites excluding steroid dienone is 1. The number of hydrogen-bond acceptors (Lipinski definition) is 1. The molecule has 1 aliphatic rings. The number of hydrogen-bond donors (Lipinski definition) is 1. The second-order valence-corrected chi connectivity index (χ2v) is 0.990. The van der Waals surface area contributed by atoms with Crippen molar-refractivity contribution in [3.63, 3.8) is 0 Å². The minimum absolute atomic E-state index is 0.0706. The highest BCUT2D eigenvalue weighted by Gasteiger charge is 1.81. The minimum atomic E-state index is -0.0706. The summed E-state index contributed by atoms with van der Waals surface area (Å²) in [5.74, 6) is -0.0706. The van der Waals surface area contributed by atoms with Crippen molar-refractivity contribution in [1.29, 1.82) is 0 Å². The Morgan fingerprint density at radius 2 is 2.71 bits per heavy atom. The third-order valence-corrected chi connectivity index (χ3v) is 0.500. The van der Waals surface area contributed by atoms with Gasteiger partial charge in [-0.05, 0) is 0 Å². The Bertz CT molecular complexity index is 190. The van der Waals surface area contributed by atoms with E-state index in [-0.39, 0.29) is 5.76 Å². The Hall–Kier alpha value is -1.23. The average Bonchev–Trinajstić information content (AvgIpc) is 1.69. The van der Waals surface area contributed by atoms with Crippen molar-refractivity contribution in [3.05, 3.63) is 17.6 Å². The van der Waals surface area contributed by atoms with E-state index in [0.29, 0.717) is 0 Å². The van der Waals surface area contributed by atoms with E-state index in [0.717, 1.165) is 0 Å². The van der Waals surface area contributed by atoms with Crippen molar-refractivity contribution in [2.75, 3.05) is 0 Å². The quantitative estimate of drug-likeness (QED) is 0.245. The zero-order chi connectivity index (χ0) is 5.11. The number of aliphatic hydroxyl groups is 1. The van der Waals surface area contributed by atoms with Gasteiger partial charge in [0.05, 0.1) is 0 Å². The summed E-state index contributed by atoms with van der Waals surface area (Å²) in [5, 5.41) is 8.44. The molecule has 0 atom stereocenters. The molecular weight excluding hydrogens is 90.1 g/mol. The molecule has 0 aliphatic carbocycles. The Labute approximate surface area is 40.8 Å². The van der Waals surface area contributed by atoms with Crippen LogP contribution in [0.3, 0.4) is 0 Å². The fraction of sp³-hybridized carbons (Fsp3) is 0. The lowest BCUT2D eigenvalue weighted by molar-refractivity contribution is 0.447. The second-order valence-electron chi connectivity index (χ2n) is 0.990. The molecule has 1 aliphatic heterocycles. The maximum atomic E-state index is 8.44. The van der Waals surface area contributed by atoms with Gasteiger partial charge in [-0.3, -0.25) is 0 Å². The Morgan fingerprint density at radius 3 is 3.00 bits per heavy atom. The van der Waals surface area contributed by atoms with Gasteiger partial charge in [-0.1, -0.05) is 6.08 Å². The van der Waals surface area contributed by atoms with Gasteiger partial charge in [0, 0.05) is 0 Å². The van der Waals surface area contributed by atoms with Gasteiger partial charge in [0.2, 0.25) is 0 Å². The van der Waals surface area contributed by atoms with Crippen LogP contribution in [0, 0.1) is 0 Å². The summed E-state index contributed by atoms with van der Waals surface area (Å²) in [7, 11) is 0. The molecule has 0 spiro atoms. The number of rotatable bonds is 0. The molecule has 0 aromatic heterocycles. The first-order chi connectivity index (χ1) is 3.39. The molecule has 33 valence electrons. The van der Waals surface area contributed by atoms with E-state index in [1.165, 1.54) is 6.08 Å². The van der Waals surface area contributed by atoms with Gasteiger partial charge in [0.15, 0.2) is 0 Å². The molecule has 0 bridgehead atoms. The lowest BCUT2D eigenvalue weighted by Gasteiger charge is -1.79. The molecule has 0 saturated heterocycles. The van der Waals surface area contributed by atoms with Crippen molar-refractivity contribution in [1.82, 2.24) is 4.67 Å². The SMILES string of the molecule is OC1=C=C[C-]=[N+]=[C]1. The number of nitrogens with zero attached hydrogens (tertiary/aromatic N) is 1. The maximum absolute atomic E-state index is 8.44. The first-order valence-electron chi connectivity index (χ1n) is 1.75. The highest BCUT2D eigenvalue weighted by molar-refractivity contribution is 5.84. The van der Waals surface area contributed by atoms with Gasteiger partial charge >= 0.3 is 6.21 Å². The van der Waals surface area contributed by atoms with E-state index < -0.39 is 0 Å². The average molecular weight is 92.1 g/mol. The molecule has 0 aromatic rings. The van der Waals surface area contributed by atoms with E-state index >= 15 is 0 Å². The third-order valence-electron chi connectivity index (χ3n) is 0.500. The summed E-state index contributed by atoms with van der Waals surface area (Å²) in [4.78, 5) is 0. The molecule has 1 heterocycles. The van der Waals surface area contributed by atoms with Crippen molar-refractivity contribution in [3.8, 4) is 0 Å². The van der Waals surface area contributed by atoms with Gasteiger partial charge in [-0.25, -0.2) is 10.4 Å². The fourth-order valence-corrected chi connectivity index (χ4v) is 0.250. The predicted octanol–water partition coefficient (Wildman–Crippen LogP) is -0.440. The van der Waals surface area contributed by atoms with Crippen molar-refractivity contribution < 1.29 is 5.11 Å². The van der Waals surface area contributed by atoms with Crippen LogP contribution >= 0.6 is 0 Å². The Balaban J connectivity index is 3.02. The molecule has 0 unspecified atom stereocenters. The molecule has 1 N–H and O–H groups in total. The van der Waals surface area contributed by atoms with Crippen LogP contribution in [0.4, 0.5) is 0 Å². The molecule has 1 rings (SSSR count). The van der Waals surface area contributed by atoms with Crippen LogP contribution in [0.15, 0.2) is 17.6 Å². The summed E-state index contributed by atoms with van der Waals surface area (Å²) in [6, 6.07) is 0. The van der Waals surface area contributed by atoms with E-state index in [1.807, 2.05) is 0 Å². The van der Waals surface area contributed by atoms with Crippen molar-refractivity contribution >= 4 is 12.4 Å². The molecule has 1 radical (unpaired) electrons. The Morgan fingerprint density at radius 1 is 1.86 bits per heavy atom. The zero-order valence-electron chi connectivity index (χ0n) is 3.47. The van der Waals surface area contributed by atoms with Gasteiger partial charge in [-0.15, -0.1) is 0 Å². The van der Waals surface area contributed by atoms with Gasteiger partial charge < -0.3 is 5.11 Å². The first kappa shape index (κ1) is 3.94. The lowest BCUT2D eigenvalue weighted by Crippen LogP contribution is -1.88. The highest BCUT2D eigenvalue weighted by Crippen LogP contribution is 1.74. The van der Waals surface area contributed by atoms with Crippen LogP contribution < -0.4 is 4.67 Å². The summed E-state index contributed by atoms with van der Waals surface area (Å²) in [6.07, 6.45) is 6.03. The van der Waals surface area contributed by atoms with E-state index in [9.17, 15) is 0 Å². The summed E-state index contributed by atoms with van der Waals surface area (Å²) < 4.78 is 3.35. The van der Waals surface area contributed by atoms with E-state index in [2.05, 4.69) is 22.8 Å². The number of aliphatic hydroxyl groups excluding tert-OH is 1. The zero-order valence-corrected chi connectivity index (χ0v) is 3.47. The molecular formula is C5H2NO. The molecule has 0 amide bonds. The van der Waals surface area contributed by atoms with Crippen molar-refractivity contribution in [2.24, 2.45) is 0 Å². The van der Waals surface area contributed by atoms with Crippen LogP contribution in [0.25, 0.3) is 0 Å². The molecule has 2 heteroatoms. The highest BCUT2D eigenvalue weighted by atomic mass is 16.3.